The summed E-state index contributed by atoms with van der Waals surface area (Å²) in [6.07, 6.45) is 3.57. The summed E-state index contributed by atoms with van der Waals surface area (Å²) in [6, 6.07) is 4.54. The van der Waals surface area contributed by atoms with E-state index >= 15 is 0 Å². The number of amides is 1. The molecule has 1 aromatic carbocycles. The Morgan fingerprint density at radius 3 is 2.48 bits per heavy atom. The lowest BCUT2D eigenvalue weighted by Crippen LogP contribution is -2.53. The Balaban J connectivity index is 2.48. The average molecular weight is 398 g/mol. The third-order valence-electron chi connectivity index (χ3n) is 4.18. The second-order valence-corrected chi connectivity index (χ2v) is 7.96. The molecule has 3 N–H and O–H groups in total. The van der Waals surface area contributed by atoms with Crippen LogP contribution in [0.3, 0.4) is 0 Å². The number of hydroxylamine groups is 1. The molecule has 9 nitrogen and oxygen atoms in total. The normalized spacial score (nSPS) is 21.0. The number of ether oxygens (including phenoxy) is 2. The number of nitrogens with one attached hydrogen (secondary N) is 2. The van der Waals surface area contributed by atoms with E-state index in [-0.39, 0.29) is 11.3 Å². The molecule has 148 valence electrons. The molecule has 27 heavy (non-hydrogen) atoms. The topological polar surface area (TPSA) is 131 Å². The molecule has 0 saturated heterocycles. The quantitative estimate of drug-likeness (QED) is 0.272. The Kier molecular flexibility index (Phi) is 6.94. The number of methoxy groups -OCH3 is 1. The lowest BCUT2D eigenvalue weighted by molar-refractivity contribution is -0.147. The predicted molar refractivity (Wildman–Crippen MR) is 94.7 cm³/mol. The Labute approximate surface area is 157 Å². The zero-order valence-electron chi connectivity index (χ0n) is 14.9. The molecule has 3 unspecified atom stereocenters. The van der Waals surface area contributed by atoms with Crippen molar-refractivity contribution in [2.24, 2.45) is 5.92 Å². The predicted octanol–water partition coefficient (Wildman–Crippen LogP) is 0.398. The first-order valence-electron chi connectivity index (χ1n) is 8.18. The Morgan fingerprint density at radius 1 is 1.26 bits per heavy atom. The fourth-order valence-electron chi connectivity index (χ4n) is 2.89. The number of hydrogen-bond donors (Lipinski definition) is 3. The lowest BCUT2D eigenvalue weighted by atomic mass is 9.96. The SMILES string of the molecule is COc1ccc(S(=O)(=O)C(OC(C)=O)C2CC=CCNC2C(=O)NO)cc1. The second-order valence-electron chi connectivity index (χ2n) is 5.93. The summed E-state index contributed by atoms with van der Waals surface area (Å²) >= 11 is 0. The summed E-state index contributed by atoms with van der Waals surface area (Å²) < 4.78 is 36.5. The number of benzene rings is 1. The second kappa shape index (κ2) is 8.98. The highest BCUT2D eigenvalue weighted by Gasteiger charge is 2.43. The number of sulfone groups is 1. The van der Waals surface area contributed by atoms with Crippen LogP contribution in [0.2, 0.25) is 0 Å². The molecule has 1 aliphatic rings. The van der Waals surface area contributed by atoms with Crippen molar-refractivity contribution in [3.05, 3.63) is 36.4 Å². The highest BCUT2D eigenvalue weighted by atomic mass is 32.2. The van der Waals surface area contributed by atoms with Gasteiger partial charge >= 0.3 is 5.97 Å². The monoisotopic (exact) mass is 398 g/mol. The van der Waals surface area contributed by atoms with Gasteiger partial charge in [-0.25, -0.2) is 13.9 Å². The van der Waals surface area contributed by atoms with E-state index in [0.29, 0.717) is 12.3 Å². The molecule has 1 aliphatic heterocycles. The van der Waals surface area contributed by atoms with Gasteiger partial charge in [0.1, 0.15) is 5.75 Å². The molecule has 3 atom stereocenters. The number of esters is 1. The van der Waals surface area contributed by atoms with Gasteiger partial charge in [-0.15, -0.1) is 0 Å². The van der Waals surface area contributed by atoms with Crippen molar-refractivity contribution in [3.63, 3.8) is 0 Å². The average Bonchev–Trinajstić information content (AvgIpc) is 2.91. The number of carbonyl (C=O) groups excluding carboxylic acids is 2. The van der Waals surface area contributed by atoms with E-state index < -0.39 is 39.1 Å². The van der Waals surface area contributed by atoms with Gasteiger partial charge in [0.2, 0.25) is 15.3 Å². The molecule has 0 aliphatic carbocycles. The Morgan fingerprint density at radius 2 is 1.93 bits per heavy atom. The summed E-state index contributed by atoms with van der Waals surface area (Å²) in [5, 5.41) is 11.9. The lowest BCUT2D eigenvalue weighted by Gasteiger charge is -2.30. The maximum atomic E-state index is 13.2. The van der Waals surface area contributed by atoms with Crippen LogP contribution in [0.1, 0.15) is 13.3 Å². The summed E-state index contributed by atoms with van der Waals surface area (Å²) in [6.45, 7) is 1.39. The largest absolute Gasteiger partial charge is 0.497 e. The first kappa shape index (κ1) is 20.9. The third kappa shape index (κ3) is 4.85. The summed E-state index contributed by atoms with van der Waals surface area (Å²) in [5.74, 6) is -2.10. The van der Waals surface area contributed by atoms with Gasteiger partial charge < -0.3 is 14.8 Å². The Bertz CT molecular complexity index is 805. The van der Waals surface area contributed by atoms with Crippen LogP contribution >= 0.6 is 0 Å². The minimum Gasteiger partial charge on any atom is -0.497 e. The molecular weight excluding hydrogens is 376 g/mol. The van der Waals surface area contributed by atoms with Gasteiger partial charge in [-0.1, -0.05) is 12.2 Å². The van der Waals surface area contributed by atoms with Crippen molar-refractivity contribution in [1.29, 1.82) is 0 Å². The number of allylic oxidation sites excluding steroid dienone is 1. The smallest absolute Gasteiger partial charge is 0.303 e. The van der Waals surface area contributed by atoms with Gasteiger partial charge in [0.05, 0.1) is 18.0 Å². The highest BCUT2D eigenvalue weighted by molar-refractivity contribution is 7.92. The molecule has 1 heterocycles. The number of hydrogen-bond acceptors (Lipinski definition) is 8. The van der Waals surface area contributed by atoms with Crippen LogP contribution < -0.4 is 15.5 Å². The van der Waals surface area contributed by atoms with E-state index in [4.69, 9.17) is 14.7 Å². The van der Waals surface area contributed by atoms with Crippen molar-refractivity contribution in [2.75, 3.05) is 13.7 Å². The molecule has 1 amide bonds. The van der Waals surface area contributed by atoms with Gasteiger partial charge in [0.15, 0.2) is 0 Å². The van der Waals surface area contributed by atoms with E-state index in [1.807, 2.05) is 0 Å². The maximum Gasteiger partial charge on any atom is 0.303 e. The Hall–Kier alpha value is -2.43. The molecule has 0 aromatic heterocycles. The van der Waals surface area contributed by atoms with Gasteiger partial charge in [-0.2, -0.15) is 0 Å². The van der Waals surface area contributed by atoms with Crippen molar-refractivity contribution in [3.8, 4) is 5.75 Å². The van der Waals surface area contributed by atoms with E-state index in [2.05, 4.69) is 5.32 Å². The van der Waals surface area contributed by atoms with Crippen molar-refractivity contribution in [1.82, 2.24) is 10.8 Å². The molecular formula is C17H22N2O7S. The summed E-state index contributed by atoms with van der Waals surface area (Å²) in [5.41, 5.74) is -0.0982. The first-order chi connectivity index (χ1) is 12.8. The molecule has 0 radical (unpaired) electrons. The molecule has 1 aromatic rings. The van der Waals surface area contributed by atoms with Gasteiger partial charge in [-0.3, -0.25) is 14.8 Å². The molecule has 0 saturated carbocycles. The summed E-state index contributed by atoms with van der Waals surface area (Å²) in [7, 11) is -2.69. The number of rotatable bonds is 6. The molecule has 10 heteroatoms. The molecule has 0 fully saturated rings. The maximum absolute atomic E-state index is 13.2. The van der Waals surface area contributed by atoms with Crippen LogP contribution in [0.25, 0.3) is 0 Å². The van der Waals surface area contributed by atoms with E-state index in [0.717, 1.165) is 6.92 Å². The molecule has 0 spiro atoms. The van der Waals surface area contributed by atoms with Crippen molar-refractivity contribution < 1.29 is 32.7 Å². The van der Waals surface area contributed by atoms with Crippen LogP contribution in [-0.4, -0.2) is 50.6 Å². The van der Waals surface area contributed by atoms with Crippen molar-refractivity contribution in [2.45, 2.75) is 29.7 Å². The van der Waals surface area contributed by atoms with Gasteiger partial charge in [0.25, 0.3) is 5.91 Å². The van der Waals surface area contributed by atoms with Gasteiger partial charge in [-0.05, 0) is 30.7 Å². The standard InChI is InChI=1S/C17H22N2O7S/c1-11(20)26-17(14-5-3-4-10-18-15(14)16(21)19-22)27(23,24)13-8-6-12(25-2)7-9-13/h3-4,6-9,14-15,17-18,22H,5,10H2,1-2H3,(H,19,21). The van der Waals surface area contributed by atoms with Crippen LogP contribution in [0.15, 0.2) is 41.3 Å². The molecule has 2 rings (SSSR count). The van der Waals surface area contributed by atoms with E-state index in [9.17, 15) is 18.0 Å². The van der Waals surface area contributed by atoms with Crippen LogP contribution in [0, 0.1) is 5.92 Å². The van der Waals surface area contributed by atoms with Crippen LogP contribution in [0.5, 0.6) is 5.75 Å². The summed E-state index contributed by atoms with van der Waals surface area (Å²) in [4.78, 5) is 23.6. The first-order valence-corrected chi connectivity index (χ1v) is 9.73. The fraction of sp³-hybridized carbons (Fsp3) is 0.412. The van der Waals surface area contributed by atoms with Gasteiger partial charge in [0, 0.05) is 19.4 Å². The molecule has 0 bridgehead atoms. The van der Waals surface area contributed by atoms with E-state index in [1.54, 1.807) is 12.2 Å². The minimum atomic E-state index is -4.15. The van der Waals surface area contributed by atoms with Crippen molar-refractivity contribution >= 4 is 21.7 Å². The highest BCUT2D eigenvalue weighted by Crippen LogP contribution is 2.30. The third-order valence-corrected chi connectivity index (χ3v) is 6.16. The van der Waals surface area contributed by atoms with E-state index in [1.165, 1.54) is 36.9 Å². The van der Waals surface area contributed by atoms with Crippen LogP contribution in [0.4, 0.5) is 0 Å². The number of carbonyl (C=O) groups is 2. The minimum absolute atomic E-state index is 0.0778. The van der Waals surface area contributed by atoms with Crippen LogP contribution in [-0.2, 0) is 24.2 Å². The zero-order chi connectivity index (χ0) is 20.0. The zero-order valence-corrected chi connectivity index (χ0v) is 15.7. The fourth-order valence-corrected chi connectivity index (χ4v) is 4.66.